The van der Waals surface area contributed by atoms with Crippen LogP contribution in [-0.2, 0) is 0 Å². The summed E-state index contributed by atoms with van der Waals surface area (Å²) in [5.74, 6) is -0.305. The number of amides is 1. The van der Waals surface area contributed by atoms with Crippen LogP contribution in [0, 0.1) is 11.3 Å². The Morgan fingerprint density at radius 1 is 1.42 bits per heavy atom. The molecule has 0 radical (unpaired) electrons. The molecule has 1 aromatic carbocycles. The first-order valence-electron chi connectivity index (χ1n) is 5.96. The van der Waals surface area contributed by atoms with E-state index in [0.717, 1.165) is 0 Å². The highest BCUT2D eigenvalue weighted by molar-refractivity contribution is 6.05. The average molecular weight is 254 g/mol. The van der Waals surface area contributed by atoms with Crippen LogP contribution in [0.15, 0.2) is 36.7 Å². The quantitative estimate of drug-likeness (QED) is 0.915. The van der Waals surface area contributed by atoms with Gasteiger partial charge in [0.15, 0.2) is 0 Å². The van der Waals surface area contributed by atoms with Gasteiger partial charge in [-0.25, -0.2) is 0 Å². The maximum absolute atomic E-state index is 12.1. The molecule has 19 heavy (non-hydrogen) atoms. The standard InChI is InChI=1S/C14H14N4O/c1-10(2)18-9-12(8-16-18)17-14(19)13-6-4-3-5-11(13)7-15/h3-6,8-10H,1-2H3,(H,17,19). The van der Waals surface area contributed by atoms with Crippen molar-refractivity contribution in [3.05, 3.63) is 47.8 Å². The second kappa shape index (κ2) is 5.36. The van der Waals surface area contributed by atoms with Crippen molar-refractivity contribution in [1.29, 1.82) is 5.26 Å². The van der Waals surface area contributed by atoms with E-state index in [1.807, 2.05) is 19.9 Å². The fraction of sp³-hybridized carbons (Fsp3) is 0.214. The first-order chi connectivity index (χ1) is 9.11. The lowest BCUT2D eigenvalue weighted by molar-refractivity contribution is 0.102. The Hall–Kier alpha value is -2.61. The van der Waals surface area contributed by atoms with Crippen LogP contribution in [0.3, 0.4) is 0 Å². The zero-order valence-corrected chi connectivity index (χ0v) is 10.8. The molecule has 0 aliphatic carbocycles. The van der Waals surface area contributed by atoms with Crippen molar-refractivity contribution in [2.75, 3.05) is 5.32 Å². The van der Waals surface area contributed by atoms with E-state index in [2.05, 4.69) is 10.4 Å². The van der Waals surface area contributed by atoms with Crippen LogP contribution >= 0.6 is 0 Å². The maximum Gasteiger partial charge on any atom is 0.257 e. The van der Waals surface area contributed by atoms with Crippen LogP contribution < -0.4 is 5.32 Å². The molecule has 0 spiro atoms. The van der Waals surface area contributed by atoms with Gasteiger partial charge in [0.25, 0.3) is 5.91 Å². The number of rotatable bonds is 3. The summed E-state index contributed by atoms with van der Waals surface area (Å²) in [6, 6.07) is 8.94. The Labute approximate surface area is 111 Å². The van der Waals surface area contributed by atoms with Gasteiger partial charge in [0.2, 0.25) is 0 Å². The van der Waals surface area contributed by atoms with Gasteiger partial charge in [-0.05, 0) is 26.0 Å². The van der Waals surface area contributed by atoms with Gasteiger partial charge in [0.05, 0.1) is 29.1 Å². The van der Waals surface area contributed by atoms with Gasteiger partial charge in [0, 0.05) is 12.2 Å². The number of carbonyl (C=O) groups is 1. The normalized spacial score (nSPS) is 10.2. The second-order valence-corrected chi connectivity index (χ2v) is 4.41. The molecule has 1 amide bonds. The summed E-state index contributed by atoms with van der Waals surface area (Å²) in [4.78, 5) is 12.1. The van der Waals surface area contributed by atoms with Gasteiger partial charge in [0.1, 0.15) is 0 Å². The number of anilines is 1. The minimum Gasteiger partial charge on any atom is -0.319 e. The lowest BCUT2D eigenvalue weighted by Crippen LogP contribution is -2.13. The summed E-state index contributed by atoms with van der Waals surface area (Å²) in [7, 11) is 0. The molecule has 0 aliphatic heterocycles. The van der Waals surface area contributed by atoms with E-state index in [1.54, 1.807) is 41.3 Å². The summed E-state index contributed by atoms with van der Waals surface area (Å²) in [6.45, 7) is 4.01. The lowest BCUT2D eigenvalue weighted by Gasteiger charge is -2.05. The molecule has 1 heterocycles. The molecule has 1 N–H and O–H groups in total. The van der Waals surface area contributed by atoms with Crippen molar-refractivity contribution in [3.63, 3.8) is 0 Å². The molecule has 0 saturated heterocycles. The first kappa shape index (κ1) is 12.8. The number of benzene rings is 1. The highest BCUT2D eigenvalue weighted by Crippen LogP contribution is 2.13. The number of hydrogen-bond acceptors (Lipinski definition) is 3. The van der Waals surface area contributed by atoms with E-state index in [1.165, 1.54) is 0 Å². The molecule has 96 valence electrons. The Bertz CT molecular complexity index is 637. The molecular weight excluding hydrogens is 240 g/mol. The fourth-order valence-electron chi connectivity index (χ4n) is 1.66. The monoisotopic (exact) mass is 254 g/mol. The summed E-state index contributed by atoms with van der Waals surface area (Å²) >= 11 is 0. The largest absolute Gasteiger partial charge is 0.319 e. The van der Waals surface area contributed by atoms with Crippen LogP contribution in [0.25, 0.3) is 0 Å². The Morgan fingerprint density at radius 3 is 2.79 bits per heavy atom. The highest BCUT2D eigenvalue weighted by atomic mass is 16.1. The third-order valence-electron chi connectivity index (χ3n) is 2.68. The van der Waals surface area contributed by atoms with Crippen molar-refractivity contribution in [2.24, 2.45) is 0 Å². The third-order valence-corrected chi connectivity index (χ3v) is 2.68. The van der Waals surface area contributed by atoms with Gasteiger partial charge >= 0.3 is 0 Å². The molecule has 5 nitrogen and oxygen atoms in total. The van der Waals surface area contributed by atoms with Crippen LogP contribution in [0.2, 0.25) is 0 Å². The SMILES string of the molecule is CC(C)n1cc(NC(=O)c2ccccc2C#N)cn1. The molecule has 0 unspecified atom stereocenters. The highest BCUT2D eigenvalue weighted by Gasteiger charge is 2.12. The minimum absolute atomic E-state index is 0.233. The zero-order valence-electron chi connectivity index (χ0n) is 10.8. The molecule has 0 saturated carbocycles. The van der Waals surface area contributed by atoms with E-state index in [9.17, 15) is 4.79 Å². The van der Waals surface area contributed by atoms with Crippen molar-refractivity contribution in [2.45, 2.75) is 19.9 Å². The predicted octanol–water partition coefficient (Wildman–Crippen LogP) is 2.59. The van der Waals surface area contributed by atoms with Crippen LogP contribution in [0.1, 0.15) is 35.8 Å². The molecule has 0 fully saturated rings. The number of hydrogen-bond donors (Lipinski definition) is 1. The predicted molar refractivity (Wildman–Crippen MR) is 71.7 cm³/mol. The average Bonchev–Trinajstić information content (AvgIpc) is 2.87. The molecular formula is C14H14N4O. The van der Waals surface area contributed by atoms with Crippen LogP contribution in [-0.4, -0.2) is 15.7 Å². The van der Waals surface area contributed by atoms with Crippen molar-refractivity contribution < 1.29 is 4.79 Å². The Kier molecular flexibility index (Phi) is 3.62. The Morgan fingerprint density at radius 2 is 2.16 bits per heavy atom. The zero-order chi connectivity index (χ0) is 13.8. The lowest BCUT2D eigenvalue weighted by atomic mass is 10.1. The second-order valence-electron chi connectivity index (χ2n) is 4.41. The van der Waals surface area contributed by atoms with Gasteiger partial charge in [-0.3, -0.25) is 9.48 Å². The minimum atomic E-state index is -0.305. The van der Waals surface area contributed by atoms with E-state index in [4.69, 9.17) is 5.26 Å². The van der Waals surface area contributed by atoms with E-state index >= 15 is 0 Å². The van der Waals surface area contributed by atoms with E-state index in [-0.39, 0.29) is 11.9 Å². The maximum atomic E-state index is 12.1. The molecule has 1 aromatic heterocycles. The summed E-state index contributed by atoms with van der Waals surface area (Å²) in [5.41, 5.74) is 1.34. The molecule has 0 atom stereocenters. The van der Waals surface area contributed by atoms with Crippen LogP contribution in [0.4, 0.5) is 5.69 Å². The molecule has 5 heteroatoms. The number of nitrogens with zero attached hydrogens (tertiary/aromatic N) is 3. The van der Waals surface area contributed by atoms with Gasteiger partial charge in [-0.1, -0.05) is 12.1 Å². The van der Waals surface area contributed by atoms with Crippen molar-refractivity contribution in [1.82, 2.24) is 9.78 Å². The summed E-state index contributed by atoms with van der Waals surface area (Å²) in [5, 5.41) is 15.8. The number of carbonyl (C=O) groups excluding carboxylic acids is 1. The summed E-state index contributed by atoms with van der Waals surface area (Å²) < 4.78 is 1.76. The number of nitrogens with one attached hydrogen (secondary N) is 1. The molecule has 0 bridgehead atoms. The molecule has 0 aliphatic rings. The topological polar surface area (TPSA) is 70.7 Å². The first-order valence-corrected chi connectivity index (χ1v) is 5.96. The van der Waals surface area contributed by atoms with Crippen molar-refractivity contribution in [3.8, 4) is 6.07 Å². The van der Waals surface area contributed by atoms with Crippen molar-refractivity contribution >= 4 is 11.6 Å². The number of aromatic nitrogens is 2. The van der Waals surface area contributed by atoms with Gasteiger partial charge < -0.3 is 5.32 Å². The van der Waals surface area contributed by atoms with E-state index < -0.39 is 0 Å². The fourth-order valence-corrected chi connectivity index (χ4v) is 1.66. The molecule has 2 aromatic rings. The third kappa shape index (κ3) is 2.80. The smallest absolute Gasteiger partial charge is 0.257 e. The summed E-state index contributed by atoms with van der Waals surface area (Å²) in [6.07, 6.45) is 3.35. The van der Waals surface area contributed by atoms with Gasteiger partial charge in [-0.15, -0.1) is 0 Å². The molecule has 2 rings (SSSR count). The van der Waals surface area contributed by atoms with Crippen LogP contribution in [0.5, 0.6) is 0 Å². The van der Waals surface area contributed by atoms with E-state index in [0.29, 0.717) is 16.8 Å². The van der Waals surface area contributed by atoms with Gasteiger partial charge in [-0.2, -0.15) is 10.4 Å². The Balaban J connectivity index is 2.19. The number of nitriles is 1.